The van der Waals surface area contributed by atoms with Crippen LogP contribution in [-0.4, -0.2) is 48.5 Å². The third-order valence-electron chi connectivity index (χ3n) is 4.49. The van der Waals surface area contributed by atoms with E-state index < -0.39 is 26.9 Å². The molecule has 2 aromatic carbocycles. The zero-order valence-corrected chi connectivity index (χ0v) is 16.8. The van der Waals surface area contributed by atoms with Gasteiger partial charge in [0.1, 0.15) is 11.5 Å². The van der Waals surface area contributed by atoms with E-state index in [1.807, 2.05) is 0 Å². The van der Waals surface area contributed by atoms with Gasteiger partial charge in [0, 0.05) is 5.69 Å². The molecule has 0 spiro atoms. The maximum Gasteiger partial charge on any atom is 0.243 e. The fraction of sp³-hybridized carbons (Fsp3) is 0.316. The molecule has 0 aromatic heterocycles. The largest absolute Gasteiger partial charge is 0.497 e. The number of ether oxygens (including phenoxy) is 4. The van der Waals surface area contributed by atoms with E-state index in [4.69, 9.17) is 18.9 Å². The van der Waals surface area contributed by atoms with Crippen molar-refractivity contribution in [1.29, 1.82) is 0 Å². The number of carbonyl (C=O) groups excluding carboxylic acids is 1. The molecule has 1 saturated heterocycles. The molecule has 0 aliphatic carbocycles. The normalized spacial score (nSPS) is 18.1. The number of benzene rings is 2. The standard InChI is InChI=1S/C19H21NO7S/c1-24-14-7-5-13(6-8-14)20-17(21)11-28(22,23)19(20)12-9-15(25-2)18(27-4)16(10-12)26-3/h5-10,19H,11H2,1-4H3. The molecule has 1 amide bonds. The summed E-state index contributed by atoms with van der Waals surface area (Å²) in [5, 5.41) is -1.21. The van der Waals surface area contributed by atoms with Gasteiger partial charge in [0.15, 0.2) is 26.7 Å². The Morgan fingerprint density at radius 3 is 1.93 bits per heavy atom. The van der Waals surface area contributed by atoms with Gasteiger partial charge in [-0.3, -0.25) is 9.69 Å². The molecule has 1 aliphatic rings. The quantitative estimate of drug-likeness (QED) is 0.725. The maximum absolute atomic E-state index is 12.8. The first kappa shape index (κ1) is 19.8. The molecule has 1 aliphatic heterocycles. The van der Waals surface area contributed by atoms with Crippen LogP contribution in [0.15, 0.2) is 36.4 Å². The van der Waals surface area contributed by atoms with Crippen LogP contribution in [0.4, 0.5) is 5.69 Å². The van der Waals surface area contributed by atoms with Gasteiger partial charge in [-0.2, -0.15) is 0 Å². The van der Waals surface area contributed by atoms with Crippen LogP contribution in [-0.2, 0) is 14.6 Å². The molecule has 0 saturated carbocycles. The average Bonchev–Trinajstić information content (AvgIpc) is 2.94. The lowest BCUT2D eigenvalue weighted by atomic mass is 10.1. The van der Waals surface area contributed by atoms with Crippen LogP contribution in [0.1, 0.15) is 10.9 Å². The molecule has 3 rings (SSSR count). The number of hydrogen-bond acceptors (Lipinski definition) is 7. The number of sulfone groups is 1. The predicted octanol–water partition coefficient (Wildman–Crippen LogP) is 2.18. The first-order valence-electron chi connectivity index (χ1n) is 8.34. The topological polar surface area (TPSA) is 91.4 Å². The first-order chi connectivity index (χ1) is 13.4. The van der Waals surface area contributed by atoms with E-state index in [-0.39, 0.29) is 0 Å². The molecule has 8 nitrogen and oxygen atoms in total. The molecule has 2 aromatic rings. The van der Waals surface area contributed by atoms with Crippen LogP contribution in [0, 0.1) is 0 Å². The zero-order valence-electron chi connectivity index (χ0n) is 16.0. The molecule has 150 valence electrons. The molecule has 0 N–H and O–H groups in total. The minimum Gasteiger partial charge on any atom is -0.497 e. The van der Waals surface area contributed by atoms with Gasteiger partial charge in [0.25, 0.3) is 0 Å². The van der Waals surface area contributed by atoms with Crippen molar-refractivity contribution < 1.29 is 32.2 Å². The van der Waals surface area contributed by atoms with Crippen molar-refractivity contribution >= 4 is 21.4 Å². The van der Waals surface area contributed by atoms with E-state index in [1.54, 1.807) is 36.4 Å². The molecular formula is C19H21NO7S. The molecule has 1 unspecified atom stereocenters. The number of rotatable bonds is 6. The highest BCUT2D eigenvalue weighted by molar-refractivity contribution is 7.93. The monoisotopic (exact) mass is 407 g/mol. The molecule has 1 fully saturated rings. The van der Waals surface area contributed by atoms with Gasteiger partial charge >= 0.3 is 0 Å². The minimum atomic E-state index is -3.78. The number of nitrogens with zero attached hydrogens (tertiary/aromatic N) is 1. The summed E-state index contributed by atoms with van der Waals surface area (Å²) in [5.74, 6) is 0.459. The highest BCUT2D eigenvalue weighted by Gasteiger charge is 2.46. The van der Waals surface area contributed by atoms with Gasteiger partial charge in [-0.05, 0) is 42.0 Å². The third-order valence-corrected chi connectivity index (χ3v) is 6.30. The van der Waals surface area contributed by atoms with Crippen molar-refractivity contribution in [2.75, 3.05) is 39.1 Å². The SMILES string of the molecule is COc1ccc(N2C(=O)CS(=O)(=O)C2c2cc(OC)c(OC)c(OC)c2)cc1. The van der Waals surface area contributed by atoms with Crippen LogP contribution in [0.25, 0.3) is 0 Å². The molecule has 0 bridgehead atoms. The fourth-order valence-corrected chi connectivity index (χ4v) is 4.99. The van der Waals surface area contributed by atoms with Gasteiger partial charge in [-0.15, -0.1) is 0 Å². The fourth-order valence-electron chi connectivity index (χ4n) is 3.23. The Bertz CT molecular complexity index is 961. The van der Waals surface area contributed by atoms with Crippen molar-refractivity contribution in [3.63, 3.8) is 0 Å². The number of methoxy groups -OCH3 is 4. The summed E-state index contributed by atoms with van der Waals surface area (Å²) in [6.07, 6.45) is 0. The first-order valence-corrected chi connectivity index (χ1v) is 10.1. The van der Waals surface area contributed by atoms with Crippen LogP contribution in [0.5, 0.6) is 23.0 Å². The summed E-state index contributed by atoms with van der Waals surface area (Å²) in [7, 11) is 2.09. The van der Waals surface area contributed by atoms with Crippen molar-refractivity contribution in [3.8, 4) is 23.0 Å². The zero-order chi connectivity index (χ0) is 20.5. The average molecular weight is 407 g/mol. The summed E-state index contributed by atoms with van der Waals surface area (Å²) < 4.78 is 46.7. The Morgan fingerprint density at radius 1 is 0.893 bits per heavy atom. The highest BCUT2D eigenvalue weighted by atomic mass is 32.2. The molecular weight excluding hydrogens is 386 g/mol. The van der Waals surface area contributed by atoms with Crippen molar-refractivity contribution in [1.82, 2.24) is 0 Å². The number of carbonyl (C=O) groups is 1. The van der Waals surface area contributed by atoms with E-state index in [0.717, 1.165) is 0 Å². The van der Waals surface area contributed by atoms with Crippen molar-refractivity contribution in [2.24, 2.45) is 0 Å². The summed E-state index contributed by atoms with van der Waals surface area (Å²) in [4.78, 5) is 13.8. The van der Waals surface area contributed by atoms with Crippen LogP contribution < -0.4 is 23.8 Å². The smallest absolute Gasteiger partial charge is 0.243 e. The maximum atomic E-state index is 12.8. The van der Waals surface area contributed by atoms with E-state index in [9.17, 15) is 13.2 Å². The second-order valence-corrected chi connectivity index (χ2v) is 8.14. The summed E-state index contributed by atoms with van der Waals surface area (Å²) in [5.41, 5.74) is 0.793. The summed E-state index contributed by atoms with van der Waals surface area (Å²) >= 11 is 0. The number of anilines is 1. The molecule has 9 heteroatoms. The highest BCUT2D eigenvalue weighted by Crippen LogP contribution is 2.44. The van der Waals surface area contributed by atoms with Gasteiger partial charge in [0.2, 0.25) is 11.7 Å². The van der Waals surface area contributed by atoms with E-state index in [0.29, 0.717) is 34.2 Å². The lowest BCUT2D eigenvalue weighted by molar-refractivity contribution is -0.115. The minimum absolute atomic E-state index is 0.307. The van der Waals surface area contributed by atoms with E-state index >= 15 is 0 Å². The van der Waals surface area contributed by atoms with Crippen LogP contribution >= 0.6 is 0 Å². The Morgan fingerprint density at radius 2 is 1.46 bits per heavy atom. The number of amides is 1. The number of hydrogen-bond donors (Lipinski definition) is 0. The van der Waals surface area contributed by atoms with Gasteiger partial charge in [-0.25, -0.2) is 8.42 Å². The van der Waals surface area contributed by atoms with Gasteiger partial charge in [0.05, 0.1) is 28.4 Å². The lowest BCUT2D eigenvalue weighted by Gasteiger charge is -2.25. The molecule has 1 atom stereocenters. The van der Waals surface area contributed by atoms with E-state index in [2.05, 4.69) is 0 Å². The predicted molar refractivity (Wildman–Crippen MR) is 103 cm³/mol. The summed E-state index contributed by atoms with van der Waals surface area (Å²) in [6.45, 7) is 0. The Hall–Kier alpha value is -2.94. The molecule has 0 radical (unpaired) electrons. The van der Waals surface area contributed by atoms with E-state index in [1.165, 1.54) is 33.3 Å². The lowest BCUT2D eigenvalue weighted by Crippen LogP contribution is -2.29. The second-order valence-electron chi connectivity index (χ2n) is 6.08. The van der Waals surface area contributed by atoms with Crippen molar-refractivity contribution in [3.05, 3.63) is 42.0 Å². The molecule has 1 heterocycles. The van der Waals surface area contributed by atoms with Gasteiger partial charge in [-0.1, -0.05) is 0 Å². The Labute approximate surface area is 163 Å². The third kappa shape index (κ3) is 3.33. The second kappa shape index (κ2) is 7.59. The van der Waals surface area contributed by atoms with Crippen LogP contribution in [0.3, 0.4) is 0 Å². The molecule has 28 heavy (non-hydrogen) atoms. The van der Waals surface area contributed by atoms with Gasteiger partial charge < -0.3 is 18.9 Å². The summed E-state index contributed by atoms with van der Waals surface area (Å²) in [6, 6.07) is 9.70. The van der Waals surface area contributed by atoms with Crippen LogP contribution in [0.2, 0.25) is 0 Å². The Kier molecular flexibility index (Phi) is 5.37. The Balaban J connectivity index is 2.17. The van der Waals surface area contributed by atoms with Crippen molar-refractivity contribution in [2.45, 2.75) is 5.37 Å².